The Hall–Kier alpha value is 0.0569. The van der Waals surface area contributed by atoms with E-state index < -0.39 is 15.1 Å². The third-order valence-corrected chi connectivity index (χ3v) is 5.54. The second kappa shape index (κ2) is 10.0. The van der Waals surface area contributed by atoms with Crippen molar-refractivity contribution in [3.05, 3.63) is 0 Å². The molecule has 0 fully saturated rings. The number of aliphatic hydroxyl groups excluding tert-OH is 1. The SMILES string of the molecule is CCCCCC[Si](OCC)(OCC)OC(C)O. The van der Waals surface area contributed by atoms with Gasteiger partial charge < -0.3 is 18.4 Å². The number of hydrogen-bond acceptors (Lipinski definition) is 4. The molecular formula is C12H28O4Si. The Morgan fingerprint density at radius 2 is 1.59 bits per heavy atom. The lowest BCUT2D eigenvalue weighted by Crippen LogP contribution is -2.48. The Kier molecular flexibility index (Phi) is 10.1. The lowest BCUT2D eigenvalue weighted by molar-refractivity contribution is -0.0646. The minimum absolute atomic E-state index is 0.562. The van der Waals surface area contributed by atoms with E-state index >= 15 is 0 Å². The van der Waals surface area contributed by atoms with Gasteiger partial charge in [0.15, 0.2) is 0 Å². The average Bonchev–Trinajstić information content (AvgIpc) is 2.24. The lowest BCUT2D eigenvalue weighted by atomic mass is 10.2. The molecular weight excluding hydrogens is 236 g/mol. The van der Waals surface area contributed by atoms with E-state index in [1.807, 2.05) is 13.8 Å². The molecule has 0 saturated heterocycles. The summed E-state index contributed by atoms with van der Waals surface area (Å²) in [6.07, 6.45) is 3.79. The molecule has 0 bridgehead atoms. The van der Waals surface area contributed by atoms with Gasteiger partial charge in [0.05, 0.1) is 0 Å². The summed E-state index contributed by atoms with van der Waals surface area (Å²) in [6.45, 7) is 8.77. The Morgan fingerprint density at radius 3 is 2.00 bits per heavy atom. The van der Waals surface area contributed by atoms with Crippen molar-refractivity contribution in [2.24, 2.45) is 0 Å². The maximum Gasteiger partial charge on any atom is 0.502 e. The third-order valence-electron chi connectivity index (χ3n) is 2.42. The molecule has 0 aliphatic heterocycles. The number of unbranched alkanes of at least 4 members (excludes halogenated alkanes) is 3. The molecule has 0 heterocycles. The molecule has 0 spiro atoms. The summed E-state index contributed by atoms with van der Waals surface area (Å²) in [5.41, 5.74) is 0. The van der Waals surface area contributed by atoms with E-state index in [2.05, 4.69) is 6.92 Å². The average molecular weight is 264 g/mol. The van der Waals surface area contributed by atoms with Crippen LogP contribution in [0.15, 0.2) is 0 Å². The lowest BCUT2D eigenvalue weighted by Gasteiger charge is -2.30. The molecule has 17 heavy (non-hydrogen) atoms. The van der Waals surface area contributed by atoms with Crippen LogP contribution in [0.4, 0.5) is 0 Å². The fourth-order valence-electron chi connectivity index (χ4n) is 1.78. The molecule has 5 heteroatoms. The van der Waals surface area contributed by atoms with E-state index in [0.717, 1.165) is 18.9 Å². The van der Waals surface area contributed by atoms with E-state index in [9.17, 15) is 5.11 Å². The molecule has 0 aromatic rings. The van der Waals surface area contributed by atoms with Crippen LogP contribution < -0.4 is 0 Å². The van der Waals surface area contributed by atoms with Crippen LogP contribution in [0, 0.1) is 0 Å². The van der Waals surface area contributed by atoms with Gasteiger partial charge in [-0.2, -0.15) is 0 Å². The van der Waals surface area contributed by atoms with Crippen LogP contribution in [-0.2, 0) is 13.3 Å². The van der Waals surface area contributed by atoms with Gasteiger partial charge in [0, 0.05) is 19.3 Å². The summed E-state index contributed by atoms with van der Waals surface area (Å²) in [5, 5.41) is 9.40. The minimum atomic E-state index is -2.66. The minimum Gasteiger partial charge on any atom is -0.374 e. The monoisotopic (exact) mass is 264 g/mol. The van der Waals surface area contributed by atoms with Crippen molar-refractivity contribution >= 4 is 8.80 Å². The molecule has 0 aliphatic carbocycles. The molecule has 1 unspecified atom stereocenters. The van der Waals surface area contributed by atoms with Crippen LogP contribution in [0.3, 0.4) is 0 Å². The predicted octanol–water partition coefficient (Wildman–Crippen LogP) is 2.93. The summed E-state index contributed by atoms with van der Waals surface area (Å²) in [6, 6.07) is 0.791. The highest BCUT2D eigenvalue weighted by atomic mass is 28.4. The first-order valence-electron chi connectivity index (χ1n) is 6.74. The molecule has 1 N–H and O–H groups in total. The zero-order valence-corrected chi connectivity index (χ0v) is 12.7. The van der Waals surface area contributed by atoms with Crippen molar-refractivity contribution < 1.29 is 18.4 Å². The first-order chi connectivity index (χ1) is 8.10. The van der Waals surface area contributed by atoms with Crippen molar-refractivity contribution in [1.82, 2.24) is 0 Å². The first kappa shape index (κ1) is 17.1. The van der Waals surface area contributed by atoms with E-state index in [4.69, 9.17) is 13.3 Å². The Balaban J connectivity index is 4.31. The van der Waals surface area contributed by atoms with Crippen LogP contribution in [0.2, 0.25) is 6.04 Å². The molecule has 0 radical (unpaired) electrons. The molecule has 0 amide bonds. The van der Waals surface area contributed by atoms with Gasteiger partial charge in [-0.3, -0.25) is 0 Å². The van der Waals surface area contributed by atoms with Gasteiger partial charge in [-0.15, -0.1) is 0 Å². The van der Waals surface area contributed by atoms with E-state index in [1.54, 1.807) is 6.92 Å². The van der Waals surface area contributed by atoms with Crippen molar-refractivity contribution in [1.29, 1.82) is 0 Å². The highest BCUT2D eigenvalue weighted by molar-refractivity contribution is 6.60. The fraction of sp³-hybridized carbons (Fsp3) is 1.00. The van der Waals surface area contributed by atoms with Crippen molar-refractivity contribution in [2.75, 3.05) is 13.2 Å². The highest BCUT2D eigenvalue weighted by Crippen LogP contribution is 2.21. The van der Waals surface area contributed by atoms with Crippen molar-refractivity contribution in [3.63, 3.8) is 0 Å². The number of hydrogen-bond donors (Lipinski definition) is 1. The second-order valence-electron chi connectivity index (χ2n) is 4.08. The fourth-order valence-corrected chi connectivity index (χ4v) is 4.49. The van der Waals surface area contributed by atoms with E-state index in [-0.39, 0.29) is 0 Å². The smallest absolute Gasteiger partial charge is 0.374 e. The van der Waals surface area contributed by atoms with Crippen LogP contribution in [-0.4, -0.2) is 33.4 Å². The second-order valence-corrected chi connectivity index (χ2v) is 6.76. The van der Waals surface area contributed by atoms with Gasteiger partial charge in [0.25, 0.3) is 0 Å². The van der Waals surface area contributed by atoms with Crippen LogP contribution in [0.1, 0.15) is 53.4 Å². The molecule has 0 aromatic heterocycles. The Bertz CT molecular complexity index is 170. The number of aliphatic hydroxyl groups is 1. The third kappa shape index (κ3) is 7.89. The van der Waals surface area contributed by atoms with Gasteiger partial charge in [-0.1, -0.05) is 26.2 Å². The summed E-state index contributed by atoms with van der Waals surface area (Å²) in [7, 11) is -2.66. The summed E-state index contributed by atoms with van der Waals surface area (Å²) in [5.74, 6) is 0. The predicted molar refractivity (Wildman–Crippen MR) is 70.7 cm³/mol. The summed E-state index contributed by atoms with van der Waals surface area (Å²) >= 11 is 0. The molecule has 0 aromatic carbocycles. The molecule has 104 valence electrons. The Labute approximate surface area is 107 Å². The van der Waals surface area contributed by atoms with Gasteiger partial charge in [0.2, 0.25) is 0 Å². The van der Waals surface area contributed by atoms with Gasteiger partial charge >= 0.3 is 8.80 Å². The molecule has 0 saturated carbocycles. The van der Waals surface area contributed by atoms with Gasteiger partial charge in [0.1, 0.15) is 6.29 Å². The van der Waals surface area contributed by atoms with Gasteiger partial charge in [-0.25, -0.2) is 0 Å². The van der Waals surface area contributed by atoms with Crippen LogP contribution >= 0.6 is 0 Å². The normalized spacial score (nSPS) is 13.9. The van der Waals surface area contributed by atoms with E-state index in [1.165, 1.54) is 12.8 Å². The van der Waals surface area contributed by atoms with Crippen molar-refractivity contribution in [2.45, 2.75) is 65.7 Å². The first-order valence-corrected chi connectivity index (χ1v) is 8.67. The zero-order chi connectivity index (χ0) is 13.1. The Morgan fingerprint density at radius 1 is 1.00 bits per heavy atom. The topological polar surface area (TPSA) is 47.9 Å². The maximum atomic E-state index is 9.40. The summed E-state index contributed by atoms with van der Waals surface area (Å²) in [4.78, 5) is 0. The van der Waals surface area contributed by atoms with Crippen LogP contribution in [0.5, 0.6) is 0 Å². The molecule has 0 aliphatic rings. The molecule has 1 atom stereocenters. The van der Waals surface area contributed by atoms with Crippen molar-refractivity contribution in [3.8, 4) is 0 Å². The van der Waals surface area contributed by atoms with E-state index in [0.29, 0.717) is 13.2 Å². The zero-order valence-electron chi connectivity index (χ0n) is 11.7. The standard InChI is InChI=1S/C12H28O4Si/c1-5-8-9-10-11-17(14-6-2,15-7-3)16-12(4)13/h12-13H,5-11H2,1-4H3. The molecule has 4 nitrogen and oxygen atoms in total. The summed E-state index contributed by atoms with van der Waals surface area (Å²) < 4.78 is 16.9. The molecule has 0 rings (SSSR count). The largest absolute Gasteiger partial charge is 0.502 e. The number of rotatable bonds is 11. The highest BCUT2D eigenvalue weighted by Gasteiger charge is 2.41. The quantitative estimate of drug-likeness (QED) is 0.354. The maximum absolute atomic E-state index is 9.40. The van der Waals surface area contributed by atoms with Gasteiger partial charge in [-0.05, 0) is 27.2 Å². The van der Waals surface area contributed by atoms with Crippen LogP contribution in [0.25, 0.3) is 0 Å².